The summed E-state index contributed by atoms with van der Waals surface area (Å²) in [5.41, 5.74) is 4.64. The highest BCUT2D eigenvalue weighted by Gasteiger charge is 2.34. The van der Waals surface area contributed by atoms with Crippen molar-refractivity contribution in [2.75, 3.05) is 65.4 Å². The van der Waals surface area contributed by atoms with Gasteiger partial charge in [0.25, 0.3) is 0 Å². The van der Waals surface area contributed by atoms with Crippen LogP contribution in [0.1, 0.15) is 11.3 Å². The molecule has 11 nitrogen and oxygen atoms in total. The first-order valence-corrected chi connectivity index (χ1v) is 13.5. The monoisotopic (exact) mass is 589 g/mol. The summed E-state index contributed by atoms with van der Waals surface area (Å²) >= 11 is 13.0. The summed E-state index contributed by atoms with van der Waals surface area (Å²) in [7, 11) is 4.85. The first-order chi connectivity index (χ1) is 19.2. The zero-order chi connectivity index (χ0) is 29.0. The molecule has 0 aliphatic carbocycles. The van der Waals surface area contributed by atoms with Crippen molar-refractivity contribution < 1.29 is 19.4 Å². The minimum atomic E-state index is -0.677. The third-order valence-electron chi connectivity index (χ3n) is 6.79. The molecule has 0 bridgehead atoms. The highest BCUT2D eigenvalue weighted by atomic mass is 35.5. The number of hydrogen-bond acceptors (Lipinski definition) is 10. The van der Waals surface area contributed by atoms with E-state index in [0.29, 0.717) is 72.1 Å². The topological polar surface area (TPSA) is 136 Å². The number of aliphatic hydroxyl groups excluding tert-OH is 1. The lowest BCUT2D eigenvalue weighted by Gasteiger charge is -2.26. The minimum Gasteiger partial charge on any atom is -0.491 e. The SMILES string of the molecule is CNC[C@@H](O)COc1ccc(Cl)c(-c2nc(/C(NC)=C(\Cl)C=N)c(C)c(N3CC4=C(CN(C(=O)OC)C4)C3)n2)c1. The average Bonchev–Trinajstić information content (AvgIpc) is 3.53. The third kappa shape index (κ3) is 6.17. The molecule has 0 spiro atoms. The standard InChI is InChI=1S/C27H33Cl2N7O4/c1-15-23(24(32-3)22(29)8-30)33-25(20-7-19(5-6-21(20)28)40-14-18(37)9-31-2)34-26(15)35-10-16-12-36(27(38)39-4)13-17(16)11-35/h5-8,18,30-32,37H,9-14H2,1-4H3/b24-22+,30-8?/t18-/m1/s1. The molecular weight excluding hydrogens is 557 g/mol. The van der Waals surface area contributed by atoms with Gasteiger partial charge in [0, 0.05) is 57.1 Å². The molecule has 3 heterocycles. The van der Waals surface area contributed by atoms with E-state index >= 15 is 0 Å². The molecule has 1 atom stereocenters. The van der Waals surface area contributed by atoms with E-state index in [2.05, 4.69) is 15.5 Å². The van der Waals surface area contributed by atoms with Gasteiger partial charge in [-0.05, 0) is 43.3 Å². The number of halogens is 2. The fraction of sp³-hybridized carbons (Fsp3) is 0.407. The molecule has 0 fully saturated rings. The van der Waals surface area contributed by atoms with Crippen LogP contribution in [0.15, 0.2) is 34.4 Å². The van der Waals surface area contributed by atoms with Crippen LogP contribution in [0, 0.1) is 12.3 Å². The highest BCUT2D eigenvalue weighted by Crippen LogP contribution is 2.36. The lowest BCUT2D eigenvalue weighted by Crippen LogP contribution is -2.34. The van der Waals surface area contributed by atoms with E-state index in [4.69, 9.17) is 48.1 Å². The Labute approximate surface area is 243 Å². The molecule has 0 saturated heterocycles. The molecule has 13 heteroatoms. The Morgan fingerprint density at radius 2 is 1.93 bits per heavy atom. The second-order valence-corrected chi connectivity index (χ2v) is 10.3. The van der Waals surface area contributed by atoms with Gasteiger partial charge in [-0.25, -0.2) is 14.8 Å². The maximum atomic E-state index is 12.0. The fourth-order valence-corrected chi connectivity index (χ4v) is 5.23. The Kier molecular flexibility index (Phi) is 9.52. The van der Waals surface area contributed by atoms with E-state index in [9.17, 15) is 9.90 Å². The Morgan fingerprint density at radius 1 is 1.23 bits per heavy atom. The number of allylic oxidation sites excluding steroid dienone is 1. The number of ether oxygens (including phenoxy) is 2. The number of anilines is 1. The lowest BCUT2D eigenvalue weighted by molar-refractivity contribution is 0.108. The summed E-state index contributed by atoms with van der Waals surface area (Å²) in [5.74, 6) is 1.55. The largest absolute Gasteiger partial charge is 0.491 e. The Hall–Kier alpha value is -3.38. The number of nitrogens with zero attached hydrogens (tertiary/aromatic N) is 4. The molecule has 2 aliphatic rings. The predicted octanol–water partition coefficient (Wildman–Crippen LogP) is 3.04. The number of likely N-dealkylation sites (N-methyl/N-ethyl adjacent to an activating group) is 1. The average molecular weight is 591 g/mol. The molecule has 0 saturated carbocycles. The summed E-state index contributed by atoms with van der Waals surface area (Å²) in [5, 5.41) is 24.4. The van der Waals surface area contributed by atoms with Crippen LogP contribution in [0.3, 0.4) is 0 Å². The zero-order valence-electron chi connectivity index (χ0n) is 22.8. The van der Waals surface area contributed by atoms with Crippen molar-refractivity contribution in [1.29, 1.82) is 5.41 Å². The maximum Gasteiger partial charge on any atom is 0.410 e. The van der Waals surface area contributed by atoms with Crippen LogP contribution in [0.4, 0.5) is 10.6 Å². The van der Waals surface area contributed by atoms with Gasteiger partial charge in [0.15, 0.2) is 5.82 Å². The van der Waals surface area contributed by atoms with Crippen molar-refractivity contribution in [2.45, 2.75) is 13.0 Å². The molecule has 2 aromatic rings. The van der Waals surface area contributed by atoms with Gasteiger partial charge in [0.2, 0.25) is 0 Å². The number of carbonyl (C=O) groups excluding carboxylic acids is 1. The lowest BCUT2D eigenvalue weighted by atomic mass is 10.1. The van der Waals surface area contributed by atoms with Gasteiger partial charge in [-0.1, -0.05) is 23.2 Å². The summed E-state index contributed by atoms with van der Waals surface area (Å²) < 4.78 is 10.7. The van der Waals surface area contributed by atoms with Gasteiger partial charge in [-0.15, -0.1) is 0 Å². The summed E-state index contributed by atoms with van der Waals surface area (Å²) in [6.45, 7) is 4.61. The van der Waals surface area contributed by atoms with Crippen LogP contribution in [0.25, 0.3) is 17.1 Å². The number of methoxy groups -OCH3 is 1. The van der Waals surface area contributed by atoms with E-state index < -0.39 is 6.10 Å². The quantitative estimate of drug-likeness (QED) is 0.243. The fourth-order valence-electron chi connectivity index (χ4n) is 4.84. The van der Waals surface area contributed by atoms with Gasteiger partial charge in [0.1, 0.15) is 24.3 Å². The highest BCUT2D eigenvalue weighted by molar-refractivity contribution is 6.42. The van der Waals surface area contributed by atoms with Crippen LogP contribution in [-0.2, 0) is 4.74 Å². The van der Waals surface area contributed by atoms with E-state index in [1.54, 1.807) is 37.2 Å². The third-order valence-corrected chi connectivity index (χ3v) is 7.42. The number of hydrogen-bond donors (Lipinski definition) is 4. The molecule has 4 rings (SSSR count). The normalized spacial score (nSPS) is 16.1. The number of nitrogens with one attached hydrogen (secondary N) is 3. The van der Waals surface area contributed by atoms with E-state index in [-0.39, 0.29) is 17.7 Å². The number of aromatic nitrogens is 2. The molecule has 214 valence electrons. The van der Waals surface area contributed by atoms with Crippen LogP contribution in [0.5, 0.6) is 5.75 Å². The molecule has 1 aromatic heterocycles. The van der Waals surface area contributed by atoms with Crippen molar-refractivity contribution in [3.63, 3.8) is 0 Å². The molecule has 1 amide bonds. The summed E-state index contributed by atoms with van der Waals surface area (Å²) in [6.07, 6.45) is 0.0350. The van der Waals surface area contributed by atoms with Gasteiger partial charge in [-0.2, -0.15) is 0 Å². The number of amides is 1. The van der Waals surface area contributed by atoms with Crippen molar-refractivity contribution in [1.82, 2.24) is 25.5 Å². The minimum absolute atomic E-state index is 0.0995. The van der Waals surface area contributed by atoms with Crippen LogP contribution < -0.4 is 20.3 Å². The maximum absolute atomic E-state index is 12.0. The van der Waals surface area contributed by atoms with Crippen LogP contribution in [0.2, 0.25) is 5.02 Å². The van der Waals surface area contributed by atoms with Crippen LogP contribution >= 0.6 is 23.2 Å². The van der Waals surface area contributed by atoms with E-state index in [0.717, 1.165) is 22.9 Å². The molecule has 40 heavy (non-hydrogen) atoms. The van der Waals surface area contributed by atoms with E-state index in [1.807, 2.05) is 6.92 Å². The molecule has 2 aliphatic heterocycles. The molecular formula is C27H33Cl2N7O4. The Bertz CT molecular complexity index is 1350. The van der Waals surface area contributed by atoms with Gasteiger partial charge in [0.05, 0.1) is 28.6 Å². The molecule has 4 N–H and O–H groups in total. The molecule has 1 aromatic carbocycles. The Balaban J connectivity index is 1.74. The molecule has 0 unspecified atom stereocenters. The van der Waals surface area contributed by atoms with Gasteiger partial charge < -0.3 is 40.4 Å². The number of carbonyl (C=O) groups is 1. The number of rotatable bonds is 10. The number of benzene rings is 1. The van der Waals surface area contributed by atoms with Crippen molar-refractivity contribution in [3.8, 4) is 17.1 Å². The van der Waals surface area contributed by atoms with Gasteiger partial charge >= 0.3 is 6.09 Å². The van der Waals surface area contributed by atoms with Crippen LogP contribution in [-0.4, -0.2) is 98.9 Å². The summed E-state index contributed by atoms with van der Waals surface area (Å²) in [6, 6.07) is 5.16. The predicted molar refractivity (Wildman–Crippen MR) is 156 cm³/mol. The van der Waals surface area contributed by atoms with Crippen molar-refractivity contribution >= 4 is 47.0 Å². The molecule has 0 radical (unpaired) electrons. The van der Waals surface area contributed by atoms with Crippen molar-refractivity contribution in [3.05, 3.63) is 50.7 Å². The second-order valence-electron chi connectivity index (χ2n) is 9.52. The van der Waals surface area contributed by atoms with Crippen molar-refractivity contribution in [2.24, 2.45) is 0 Å². The van der Waals surface area contributed by atoms with Gasteiger partial charge in [-0.3, -0.25) is 0 Å². The smallest absolute Gasteiger partial charge is 0.410 e. The second kappa shape index (κ2) is 12.9. The summed E-state index contributed by atoms with van der Waals surface area (Å²) in [4.78, 5) is 25.6. The first-order valence-electron chi connectivity index (χ1n) is 12.7. The number of aliphatic hydroxyl groups is 1. The zero-order valence-corrected chi connectivity index (χ0v) is 24.4. The Morgan fingerprint density at radius 3 is 2.52 bits per heavy atom. The van der Waals surface area contributed by atoms with E-state index in [1.165, 1.54) is 7.11 Å². The first kappa shape index (κ1) is 29.6.